The van der Waals surface area contributed by atoms with Gasteiger partial charge < -0.3 is 10.6 Å². The Labute approximate surface area is 113 Å². The van der Waals surface area contributed by atoms with Crippen LogP contribution >= 0.6 is 11.8 Å². The van der Waals surface area contributed by atoms with Gasteiger partial charge in [0, 0.05) is 12.7 Å². The largest absolute Gasteiger partial charge is 0.399 e. The maximum Gasteiger partial charge on any atom is 0.235 e. The van der Waals surface area contributed by atoms with E-state index in [1.807, 2.05) is 43.1 Å². The van der Waals surface area contributed by atoms with Gasteiger partial charge in [0.25, 0.3) is 0 Å². The van der Waals surface area contributed by atoms with Crippen LogP contribution in [0.3, 0.4) is 0 Å². The van der Waals surface area contributed by atoms with E-state index in [-0.39, 0.29) is 17.2 Å². The highest BCUT2D eigenvalue weighted by Gasteiger charge is 2.28. The van der Waals surface area contributed by atoms with Gasteiger partial charge in [0.05, 0.1) is 11.3 Å². The zero-order valence-corrected chi connectivity index (χ0v) is 11.7. The van der Waals surface area contributed by atoms with Gasteiger partial charge in [-0.25, -0.2) is 0 Å². The third-order valence-electron chi connectivity index (χ3n) is 3.53. The molecule has 2 rings (SSSR count). The van der Waals surface area contributed by atoms with Gasteiger partial charge in [0.1, 0.15) is 0 Å². The van der Waals surface area contributed by atoms with Gasteiger partial charge in [0.2, 0.25) is 5.91 Å². The second kappa shape index (κ2) is 5.65. The number of hydrogen-bond donors (Lipinski definition) is 1. The second-order valence-corrected chi connectivity index (χ2v) is 6.11. The molecular formula is C14H20N2OS. The first-order valence-corrected chi connectivity index (χ1v) is 7.38. The molecule has 2 N–H and O–H groups in total. The Morgan fingerprint density at radius 3 is 2.94 bits per heavy atom. The highest BCUT2D eigenvalue weighted by Crippen LogP contribution is 2.30. The molecule has 1 saturated heterocycles. The van der Waals surface area contributed by atoms with Crippen molar-refractivity contribution in [2.24, 2.45) is 0 Å². The predicted octanol–water partition coefficient (Wildman–Crippen LogP) is 2.68. The van der Waals surface area contributed by atoms with Crippen LogP contribution in [-0.2, 0) is 4.79 Å². The molecule has 1 fully saturated rings. The highest BCUT2D eigenvalue weighted by molar-refractivity contribution is 8.00. The molecule has 1 aliphatic heterocycles. The minimum atomic E-state index is 0.0715. The Morgan fingerprint density at radius 2 is 2.33 bits per heavy atom. The molecule has 0 spiro atoms. The van der Waals surface area contributed by atoms with Crippen LogP contribution in [0.4, 0.5) is 5.69 Å². The number of thioether (sulfide) groups is 1. The third kappa shape index (κ3) is 2.80. The fourth-order valence-electron chi connectivity index (χ4n) is 2.23. The zero-order valence-electron chi connectivity index (χ0n) is 10.9. The summed E-state index contributed by atoms with van der Waals surface area (Å²) in [7, 11) is 1.88. The van der Waals surface area contributed by atoms with Crippen molar-refractivity contribution < 1.29 is 4.79 Å². The molecule has 0 bridgehead atoms. The fourth-order valence-corrected chi connectivity index (χ4v) is 3.49. The summed E-state index contributed by atoms with van der Waals surface area (Å²) >= 11 is 1.78. The standard InChI is InChI=1S/C14H20N2OS/c1-10(11-5-3-6-12(15)9-11)16(2)14(17)13-7-4-8-18-13/h3,5-6,9-10,13H,4,7-8,15H2,1-2H3. The van der Waals surface area contributed by atoms with E-state index >= 15 is 0 Å². The van der Waals surface area contributed by atoms with E-state index in [4.69, 9.17) is 5.73 Å². The average Bonchev–Trinajstić information content (AvgIpc) is 2.90. The summed E-state index contributed by atoms with van der Waals surface area (Å²) in [5.41, 5.74) is 7.62. The van der Waals surface area contributed by atoms with Crippen LogP contribution in [0.25, 0.3) is 0 Å². The summed E-state index contributed by atoms with van der Waals surface area (Å²) < 4.78 is 0. The van der Waals surface area contributed by atoms with E-state index < -0.39 is 0 Å². The number of nitrogen functional groups attached to an aromatic ring is 1. The van der Waals surface area contributed by atoms with Gasteiger partial charge in [0.15, 0.2) is 0 Å². The number of nitrogens with two attached hydrogens (primary N) is 1. The lowest BCUT2D eigenvalue weighted by Gasteiger charge is -2.27. The molecule has 0 saturated carbocycles. The van der Waals surface area contributed by atoms with Crippen molar-refractivity contribution >= 4 is 23.4 Å². The minimum Gasteiger partial charge on any atom is -0.399 e. The van der Waals surface area contributed by atoms with Gasteiger partial charge in [-0.1, -0.05) is 12.1 Å². The number of hydrogen-bond acceptors (Lipinski definition) is 3. The number of rotatable bonds is 3. The van der Waals surface area contributed by atoms with E-state index in [9.17, 15) is 4.79 Å². The van der Waals surface area contributed by atoms with E-state index in [1.54, 1.807) is 11.8 Å². The molecule has 0 aromatic heterocycles. The molecule has 1 aliphatic rings. The van der Waals surface area contributed by atoms with Crippen molar-refractivity contribution in [1.29, 1.82) is 0 Å². The Kier molecular flexibility index (Phi) is 4.17. The Balaban J connectivity index is 2.08. The van der Waals surface area contributed by atoms with E-state index in [1.165, 1.54) is 0 Å². The van der Waals surface area contributed by atoms with Crippen molar-refractivity contribution in [3.05, 3.63) is 29.8 Å². The van der Waals surface area contributed by atoms with Crippen LogP contribution in [-0.4, -0.2) is 28.9 Å². The van der Waals surface area contributed by atoms with Crippen molar-refractivity contribution in [3.8, 4) is 0 Å². The Morgan fingerprint density at radius 1 is 1.56 bits per heavy atom. The SMILES string of the molecule is CC(c1cccc(N)c1)N(C)C(=O)C1CCCS1. The quantitative estimate of drug-likeness (QED) is 0.854. The summed E-state index contributed by atoms with van der Waals surface area (Å²) in [6, 6.07) is 7.83. The van der Waals surface area contributed by atoms with E-state index in [2.05, 4.69) is 0 Å². The lowest BCUT2D eigenvalue weighted by atomic mass is 10.1. The predicted molar refractivity (Wildman–Crippen MR) is 77.5 cm³/mol. The highest BCUT2D eigenvalue weighted by atomic mass is 32.2. The van der Waals surface area contributed by atoms with Crippen LogP contribution in [0.2, 0.25) is 0 Å². The van der Waals surface area contributed by atoms with Crippen molar-refractivity contribution in [1.82, 2.24) is 4.90 Å². The molecule has 1 aromatic rings. The first-order valence-electron chi connectivity index (χ1n) is 6.33. The minimum absolute atomic E-state index is 0.0715. The maximum absolute atomic E-state index is 12.3. The summed E-state index contributed by atoms with van der Waals surface area (Å²) in [6.07, 6.45) is 2.17. The van der Waals surface area contributed by atoms with Gasteiger partial charge in [-0.3, -0.25) is 4.79 Å². The molecule has 1 amide bonds. The molecule has 4 heteroatoms. The monoisotopic (exact) mass is 264 g/mol. The lowest BCUT2D eigenvalue weighted by Crippen LogP contribution is -2.35. The van der Waals surface area contributed by atoms with Crippen LogP contribution in [0, 0.1) is 0 Å². The first kappa shape index (κ1) is 13.3. The Hall–Kier alpha value is -1.16. The normalized spacial score (nSPS) is 20.7. The smallest absolute Gasteiger partial charge is 0.235 e. The summed E-state index contributed by atoms with van der Waals surface area (Å²) in [5.74, 6) is 1.35. The van der Waals surface area contributed by atoms with Gasteiger partial charge >= 0.3 is 0 Å². The van der Waals surface area contributed by atoms with Crippen LogP contribution < -0.4 is 5.73 Å². The van der Waals surface area contributed by atoms with E-state index in [0.717, 1.165) is 29.8 Å². The van der Waals surface area contributed by atoms with Crippen molar-refractivity contribution in [2.45, 2.75) is 31.1 Å². The third-order valence-corrected chi connectivity index (χ3v) is 4.89. The molecule has 0 aliphatic carbocycles. The maximum atomic E-state index is 12.3. The number of nitrogens with zero attached hydrogens (tertiary/aromatic N) is 1. The van der Waals surface area contributed by atoms with Gasteiger partial charge in [-0.2, -0.15) is 0 Å². The molecule has 0 radical (unpaired) electrons. The molecule has 1 heterocycles. The molecule has 98 valence electrons. The number of carbonyl (C=O) groups is 1. The summed E-state index contributed by atoms with van der Waals surface area (Å²) in [4.78, 5) is 14.2. The zero-order chi connectivity index (χ0) is 13.1. The molecule has 18 heavy (non-hydrogen) atoms. The van der Waals surface area contributed by atoms with Crippen LogP contribution in [0.1, 0.15) is 31.4 Å². The van der Waals surface area contributed by atoms with Gasteiger partial charge in [-0.15, -0.1) is 11.8 Å². The molecule has 1 aromatic carbocycles. The fraction of sp³-hybridized carbons (Fsp3) is 0.500. The molecular weight excluding hydrogens is 244 g/mol. The molecule has 2 atom stereocenters. The van der Waals surface area contributed by atoms with Crippen molar-refractivity contribution in [3.63, 3.8) is 0 Å². The molecule has 3 nitrogen and oxygen atoms in total. The number of amides is 1. The first-order chi connectivity index (χ1) is 8.59. The van der Waals surface area contributed by atoms with Crippen LogP contribution in [0.15, 0.2) is 24.3 Å². The van der Waals surface area contributed by atoms with Crippen molar-refractivity contribution in [2.75, 3.05) is 18.5 Å². The lowest BCUT2D eigenvalue weighted by molar-refractivity contribution is -0.131. The van der Waals surface area contributed by atoms with E-state index in [0.29, 0.717) is 0 Å². The number of anilines is 1. The average molecular weight is 264 g/mol. The number of benzene rings is 1. The van der Waals surface area contributed by atoms with Crippen LogP contribution in [0.5, 0.6) is 0 Å². The topological polar surface area (TPSA) is 46.3 Å². The summed E-state index contributed by atoms with van der Waals surface area (Å²) in [5, 5.41) is 0.151. The number of carbonyl (C=O) groups excluding carboxylic acids is 1. The molecule has 2 unspecified atom stereocenters. The van der Waals surface area contributed by atoms with Gasteiger partial charge in [-0.05, 0) is 43.2 Å². The Bertz CT molecular complexity index is 430. The second-order valence-electron chi connectivity index (χ2n) is 4.80. The summed E-state index contributed by atoms with van der Waals surface area (Å²) in [6.45, 7) is 2.05.